The smallest absolute Gasteiger partial charge is 0.244 e. The van der Waals surface area contributed by atoms with Gasteiger partial charge in [-0.15, -0.1) is 5.10 Å². The van der Waals surface area contributed by atoms with Crippen molar-refractivity contribution >= 4 is 28.3 Å². The van der Waals surface area contributed by atoms with Gasteiger partial charge in [-0.3, -0.25) is 4.79 Å². The van der Waals surface area contributed by atoms with E-state index < -0.39 is 0 Å². The highest BCUT2D eigenvalue weighted by molar-refractivity contribution is 7.17. The van der Waals surface area contributed by atoms with E-state index in [0.717, 1.165) is 33.3 Å². The first kappa shape index (κ1) is 18.9. The van der Waals surface area contributed by atoms with E-state index in [0.29, 0.717) is 18.1 Å². The lowest BCUT2D eigenvalue weighted by Crippen LogP contribution is -2.23. The lowest BCUT2D eigenvalue weighted by Gasteiger charge is -2.02. The third kappa shape index (κ3) is 4.22. The summed E-state index contributed by atoms with van der Waals surface area (Å²) in [5, 5.41) is 7.51. The summed E-state index contributed by atoms with van der Waals surface area (Å²) >= 11 is 1.59. The maximum atomic E-state index is 11.9. The molecule has 0 radical (unpaired) electrons. The lowest BCUT2D eigenvalue weighted by molar-refractivity contribution is -0.116. The Morgan fingerprint density at radius 1 is 1.31 bits per heavy atom. The lowest BCUT2D eigenvalue weighted by atomic mass is 10.2. The summed E-state index contributed by atoms with van der Waals surface area (Å²) in [4.78, 5) is 18.5. The van der Waals surface area contributed by atoms with Crippen molar-refractivity contribution in [2.45, 2.75) is 13.3 Å². The number of ether oxygens (including phenoxy) is 1. The van der Waals surface area contributed by atoms with Crippen LogP contribution in [0.4, 0.5) is 0 Å². The second-order valence-corrected chi connectivity index (χ2v) is 7.42. The van der Waals surface area contributed by atoms with Crippen molar-refractivity contribution < 1.29 is 13.9 Å². The molecule has 0 aliphatic rings. The first-order valence-electron chi connectivity index (χ1n) is 9.13. The number of amides is 1. The average Bonchev–Trinajstić information content (AvgIpc) is 3.46. The van der Waals surface area contributed by atoms with E-state index in [2.05, 4.69) is 15.4 Å². The van der Waals surface area contributed by atoms with E-state index in [1.54, 1.807) is 42.9 Å². The van der Waals surface area contributed by atoms with Gasteiger partial charge in [-0.25, -0.2) is 4.52 Å². The van der Waals surface area contributed by atoms with Gasteiger partial charge in [0.25, 0.3) is 0 Å². The van der Waals surface area contributed by atoms with Gasteiger partial charge in [0.2, 0.25) is 10.9 Å². The predicted octanol–water partition coefficient (Wildman–Crippen LogP) is 3.74. The fourth-order valence-electron chi connectivity index (χ4n) is 2.88. The van der Waals surface area contributed by atoms with Crippen LogP contribution in [-0.2, 0) is 11.2 Å². The maximum absolute atomic E-state index is 11.9. The highest BCUT2D eigenvalue weighted by atomic mass is 32.1. The van der Waals surface area contributed by atoms with Crippen LogP contribution in [0.5, 0.6) is 5.75 Å². The quantitative estimate of drug-likeness (QED) is 0.471. The molecule has 7 nitrogen and oxygen atoms in total. The summed E-state index contributed by atoms with van der Waals surface area (Å²) in [7, 11) is 1.64. The zero-order valence-electron chi connectivity index (χ0n) is 16.1. The number of carbonyl (C=O) groups is 1. The number of rotatable bonds is 7. The summed E-state index contributed by atoms with van der Waals surface area (Å²) < 4.78 is 12.2. The van der Waals surface area contributed by atoms with Crippen molar-refractivity contribution in [1.29, 1.82) is 0 Å². The van der Waals surface area contributed by atoms with Crippen LogP contribution in [0.15, 0.2) is 53.2 Å². The van der Waals surface area contributed by atoms with E-state index in [1.807, 2.05) is 35.7 Å². The number of nitrogens with one attached hydrogen (secondary N) is 1. The van der Waals surface area contributed by atoms with Crippen LogP contribution in [0.2, 0.25) is 0 Å². The fraction of sp³-hybridized carbons (Fsp3) is 0.190. The molecule has 4 aromatic rings. The van der Waals surface area contributed by atoms with Crippen molar-refractivity contribution in [2.75, 3.05) is 13.7 Å². The summed E-state index contributed by atoms with van der Waals surface area (Å²) in [6.07, 6.45) is 5.40. The molecule has 1 aromatic carbocycles. The molecule has 1 amide bonds. The topological polar surface area (TPSA) is 81.7 Å². The minimum absolute atomic E-state index is 0.152. The molecule has 3 heterocycles. The Morgan fingerprint density at radius 2 is 2.14 bits per heavy atom. The van der Waals surface area contributed by atoms with Gasteiger partial charge in [-0.1, -0.05) is 11.3 Å². The van der Waals surface area contributed by atoms with Gasteiger partial charge in [-0.05, 0) is 49.4 Å². The molecular formula is C21H20N4O3S. The molecule has 0 spiro atoms. The number of benzene rings is 1. The molecule has 148 valence electrons. The average molecular weight is 408 g/mol. The van der Waals surface area contributed by atoms with Gasteiger partial charge in [0, 0.05) is 29.5 Å². The van der Waals surface area contributed by atoms with Gasteiger partial charge in [-0.2, -0.15) is 4.98 Å². The van der Waals surface area contributed by atoms with Crippen LogP contribution in [-0.4, -0.2) is 34.2 Å². The van der Waals surface area contributed by atoms with Crippen LogP contribution in [0.1, 0.15) is 16.3 Å². The Balaban J connectivity index is 1.39. The molecule has 0 saturated heterocycles. The van der Waals surface area contributed by atoms with Gasteiger partial charge in [0.1, 0.15) is 11.5 Å². The molecule has 0 aliphatic carbocycles. The van der Waals surface area contributed by atoms with Crippen molar-refractivity contribution in [3.05, 3.63) is 65.1 Å². The zero-order chi connectivity index (χ0) is 20.2. The molecule has 4 rings (SSSR count). The van der Waals surface area contributed by atoms with Gasteiger partial charge < -0.3 is 14.5 Å². The van der Waals surface area contributed by atoms with E-state index in [4.69, 9.17) is 9.15 Å². The third-order valence-corrected chi connectivity index (χ3v) is 5.65. The number of hydrogen-bond donors (Lipinski definition) is 1. The number of hydrogen-bond acceptors (Lipinski definition) is 6. The second-order valence-electron chi connectivity index (χ2n) is 6.36. The first-order chi connectivity index (χ1) is 14.1. The predicted molar refractivity (Wildman–Crippen MR) is 112 cm³/mol. The Labute approximate surface area is 171 Å². The molecule has 8 heteroatoms. The van der Waals surface area contributed by atoms with E-state index in [-0.39, 0.29) is 5.91 Å². The number of thiazole rings is 1. The van der Waals surface area contributed by atoms with Crippen molar-refractivity contribution in [3.63, 3.8) is 0 Å². The highest BCUT2D eigenvalue weighted by Gasteiger charge is 2.14. The number of nitrogens with zero attached hydrogens (tertiary/aromatic N) is 3. The Bertz CT molecular complexity index is 1140. The van der Waals surface area contributed by atoms with Crippen molar-refractivity contribution in [1.82, 2.24) is 19.9 Å². The summed E-state index contributed by atoms with van der Waals surface area (Å²) in [5.74, 6) is 1.98. The molecule has 29 heavy (non-hydrogen) atoms. The van der Waals surface area contributed by atoms with E-state index in [1.165, 1.54) is 6.08 Å². The molecule has 0 saturated carbocycles. The van der Waals surface area contributed by atoms with Crippen LogP contribution in [0.3, 0.4) is 0 Å². The van der Waals surface area contributed by atoms with Crippen LogP contribution in [0, 0.1) is 6.92 Å². The fourth-order valence-corrected chi connectivity index (χ4v) is 3.94. The SMILES string of the molecule is COc1ccc(-c2nc3sc(CCNC(=O)C=Cc4ccco4)c(C)n3n2)cc1. The largest absolute Gasteiger partial charge is 0.497 e. The Kier molecular flexibility index (Phi) is 5.44. The van der Waals surface area contributed by atoms with Crippen molar-refractivity contribution in [2.24, 2.45) is 0 Å². The molecule has 3 aromatic heterocycles. The van der Waals surface area contributed by atoms with Crippen LogP contribution >= 0.6 is 11.3 Å². The molecule has 0 fully saturated rings. The number of carbonyl (C=O) groups excluding carboxylic acids is 1. The number of furan rings is 1. The third-order valence-electron chi connectivity index (χ3n) is 4.45. The van der Waals surface area contributed by atoms with Crippen LogP contribution in [0.25, 0.3) is 22.4 Å². The standard InChI is InChI=1S/C21H20N4O3S/c1-14-18(11-12-22-19(26)10-9-17-4-3-13-28-17)29-21-23-20(24-25(14)21)15-5-7-16(27-2)8-6-15/h3-10,13H,11-12H2,1-2H3,(H,22,26). The Morgan fingerprint density at radius 3 is 2.83 bits per heavy atom. The maximum Gasteiger partial charge on any atom is 0.244 e. The first-order valence-corrected chi connectivity index (χ1v) is 9.94. The molecule has 0 unspecified atom stereocenters. The minimum atomic E-state index is -0.152. The summed E-state index contributed by atoms with van der Waals surface area (Å²) in [6, 6.07) is 11.3. The zero-order valence-corrected chi connectivity index (χ0v) is 16.9. The normalized spacial score (nSPS) is 11.4. The number of aryl methyl sites for hydroxylation is 1. The summed E-state index contributed by atoms with van der Waals surface area (Å²) in [5.41, 5.74) is 1.98. The summed E-state index contributed by atoms with van der Waals surface area (Å²) in [6.45, 7) is 2.56. The second kappa shape index (κ2) is 8.32. The van der Waals surface area contributed by atoms with E-state index in [9.17, 15) is 4.79 Å². The number of methoxy groups -OCH3 is 1. The Hall–Kier alpha value is -3.39. The number of fused-ring (bicyclic) bond motifs is 1. The van der Waals surface area contributed by atoms with Crippen LogP contribution < -0.4 is 10.1 Å². The van der Waals surface area contributed by atoms with Gasteiger partial charge in [0.15, 0.2) is 5.82 Å². The molecule has 0 bridgehead atoms. The van der Waals surface area contributed by atoms with Crippen molar-refractivity contribution in [3.8, 4) is 17.1 Å². The number of aromatic nitrogens is 3. The monoisotopic (exact) mass is 408 g/mol. The minimum Gasteiger partial charge on any atom is -0.497 e. The molecule has 0 atom stereocenters. The molecule has 0 aliphatic heterocycles. The van der Waals surface area contributed by atoms with Gasteiger partial charge >= 0.3 is 0 Å². The highest BCUT2D eigenvalue weighted by Crippen LogP contribution is 2.26. The molecule has 1 N–H and O–H groups in total. The molecular weight excluding hydrogens is 388 g/mol. The van der Waals surface area contributed by atoms with E-state index >= 15 is 0 Å². The van der Waals surface area contributed by atoms with Gasteiger partial charge in [0.05, 0.1) is 19.1 Å².